The highest BCUT2D eigenvalue weighted by Crippen LogP contribution is 2.30. The Labute approximate surface area is 120 Å². The minimum atomic E-state index is 0.489. The molecule has 1 aromatic carbocycles. The molecular weight excluding hydrogens is 248 g/mol. The van der Waals surface area contributed by atoms with Crippen molar-refractivity contribution in [2.24, 2.45) is 13.0 Å². The van der Waals surface area contributed by atoms with Crippen LogP contribution >= 0.6 is 0 Å². The molecule has 4 nitrogen and oxygen atoms in total. The highest BCUT2D eigenvalue weighted by Gasteiger charge is 2.25. The first-order valence-electron chi connectivity index (χ1n) is 7.52. The van der Waals surface area contributed by atoms with E-state index in [1.54, 1.807) is 0 Å². The molecular formula is C16H24N4. The van der Waals surface area contributed by atoms with E-state index in [9.17, 15) is 0 Å². The molecule has 4 heteroatoms. The molecule has 0 radical (unpaired) electrons. The van der Waals surface area contributed by atoms with E-state index in [-0.39, 0.29) is 0 Å². The van der Waals surface area contributed by atoms with Crippen LogP contribution in [0.25, 0.3) is 11.0 Å². The van der Waals surface area contributed by atoms with Gasteiger partial charge in [0.2, 0.25) is 0 Å². The Morgan fingerprint density at radius 1 is 1.20 bits per heavy atom. The Morgan fingerprint density at radius 2 is 1.95 bits per heavy atom. The first-order valence-corrected chi connectivity index (χ1v) is 7.52. The van der Waals surface area contributed by atoms with Crippen LogP contribution in [0, 0.1) is 5.92 Å². The summed E-state index contributed by atoms with van der Waals surface area (Å²) in [5.74, 6) is 0.606. The lowest BCUT2D eigenvalue weighted by Crippen LogP contribution is -2.46. The molecule has 108 valence electrons. The predicted molar refractivity (Wildman–Crippen MR) is 82.7 cm³/mol. The Morgan fingerprint density at radius 3 is 2.65 bits per heavy atom. The largest absolute Gasteiger partial charge is 0.334 e. The third-order valence-electron chi connectivity index (χ3n) is 4.27. The Bertz CT molecular complexity index is 581. The van der Waals surface area contributed by atoms with Crippen molar-refractivity contribution in [1.82, 2.24) is 19.8 Å². The van der Waals surface area contributed by atoms with Gasteiger partial charge in [-0.1, -0.05) is 19.9 Å². The van der Waals surface area contributed by atoms with Crippen molar-refractivity contribution in [3.8, 4) is 0 Å². The fourth-order valence-corrected chi connectivity index (χ4v) is 3.31. The lowest BCUT2D eigenvalue weighted by Gasteiger charge is -2.37. The van der Waals surface area contributed by atoms with E-state index < -0.39 is 0 Å². The average Bonchev–Trinajstić information content (AvgIpc) is 2.81. The molecule has 0 saturated carbocycles. The van der Waals surface area contributed by atoms with Crippen molar-refractivity contribution in [3.63, 3.8) is 0 Å². The monoisotopic (exact) mass is 272 g/mol. The summed E-state index contributed by atoms with van der Waals surface area (Å²) in [5, 5.41) is 3.44. The first-order chi connectivity index (χ1) is 9.66. The third kappa shape index (κ3) is 2.45. The van der Waals surface area contributed by atoms with Gasteiger partial charge in [0.1, 0.15) is 0 Å². The molecule has 2 aromatic rings. The van der Waals surface area contributed by atoms with Crippen LogP contribution in [0.5, 0.6) is 0 Å². The van der Waals surface area contributed by atoms with Gasteiger partial charge in [0.05, 0.1) is 17.4 Å². The maximum atomic E-state index is 4.50. The van der Waals surface area contributed by atoms with Gasteiger partial charge < -0.3 is 9.88 Å². The molecule has 3 rings (SSSR count). The zero-order valence-corrected chi connectivity index (χ0v) is 12.6. The Hall–Kier alpha value is -1.39. The van der Waals surface area contributed by atoms with Crippen LogP contribution in [-0.2, 0) is 7.05 Å². The van der Waals surface area contributed by atoms with Crippen LogP contribution in [-0.4, -0.2) is 40.6 Å². The van der Waals surface area contributed by atoms with Gasteiger partial charge in [-0.05, 0) is 23.6 Å². The Kier molecular flexibility index (Phi) is 3.76. The minimum Gasteiger partial charge on any atom is -0.334 e. The number of aromatic nitrogens is 2. The molecule has 1 aliphatic heterocycles. The van der Waals surface area contributed by atoms with Crippen LogP contribution in [0.2, 0.25) is 0 Å². The summed E-state index contributed by atoms with van der Waals surface area (Å²) >= 11 is 0. The van der Waals surface area contributed by atoms with Crippen LogP contribution in [0.15, 0.2) is 24.5 Å². The van der Waals surface area contributed by atoms with Crippen LogP contribution in [0.4, 0.5) is 0 Å². The second-order valence-electron chi connectivity index (χ2n) is 6.08. The summed E-state index contributed by atoms with van der Waals surface area (Å²) in [6.07, 6.45) is 1.89. The van der Waals surface area contributed by atoms with E-state index in [4.69, 9.17) is 0 Å². The number of rotatable bonds is 3. The topological polar surface area (TPSA) is 33.1 Å². The van der Waals surface area contributed by atoms with Crippen molar-refractivity contribution in [3.05, 3.63) is 30.1 Å². The molecule has 1 atom stereocenters. The lowest BCUT2D eigenvalue weighted by atomic mass is 9.93. The normalized spacial score (nSPS) is 18.8. The van der Waals surface area contributed by atoms with Gasteiger partial charge in [0.25, 0.3) is 0 Å². The minimum absolute atomic E-state index is 0.489. The molecule has 2 heterocycles. The second-order valence-corrected chi connectivity index (χ2v) is 6.08. The molecule has 0 spiro atoms. The Balaban J connectivity index is 1.95. The predicted octanol–water partition coefficient (Wildman–Crippen LogP) is 2.18. The maximum absolute atomic E-state index is 4.50. The number of imidazole rings is 1. The SMILES string of the molecule is CC(C)C(c1ccc2c(c1)ncn2C)N1CCNCC1. The van der Waals surface area contributed by atoms with Gasteiger partial charge in [-0.15, -0.1) is 0 Å². The fraction of sp³-hybridized carbons (Fsp3) is 0.562. The molecule has 20 heavy (non-hydrogen) atoms. The smallest absolute Gasteiger partial charge is 0.0955 e. The van der Waals surface area contributed by atoms with E-state index in [1.807, 2.05) is 13.4 Å². The third-order valence-corrected chi connectivity index (χ3v) is 4.27. The van der Waals surface area contributed by atoms with Crippen molar-refractivity contribution in [2.45, 2.75) is 19.9 Å². The second kappa shape index (κ2) is 5.54. The number of fused-ring (bicyclic) bond motifs is 1. The molecule has 1 saturated heterocycles. The van der Waals surface area contributed by atoms with Crippen LogP contribution < -0.4 is 5.32 Å². The number of nitrogens with zero attached hydrogens (tertiary/aromatic N) is 3. The number of benzene rings is 1. The summed E-state index contributed by atoms with van der Waals surface area (Å²) in [6.45, 7) is 9.07. The highest BCUT2D eigenvalue weighted by molar-refractivity contribution is 5.76. The molecule has 1 aromatic heterocycles. The maximum Gasteiger partial charge on any atom is 0.0955 e. The summed E-state index contributed by atoms with van der Waals surface area (Å²) in [7, 11) is 2.05. The van der Waals surface area contributed by atoms with Crippen molar-refractivity contribution in [1.29, 1.82) is 0 Å². The van der Waals surface area contributed by atoms with E-state index in [0.717, 1.165) is 31.7 Å². The van der Waals surface area contributed by atoms with E-state index in [1.165, 1.54) is 11.1 Å². The highest BCUT2D eigenvalue weighted by atomic mass is 15.2. The molecule has 0 aliphatic carbocycles. The van der Waals surface area contributed by atoms with Gasteiger partial charge in [-0.2, -0.15) is 0 Å². The quantitative estimate of drug-likeness (QED) is 0.929. The van der Waals surface area contributed by atoms with Crippen LogP contribution in [0.1, 0.15) is 25.5 Å². The average molecular weight is 272 g/mol. The van der Waals surface area contributed by atoms with E-state index in [0.29, 0.717) is 12.0 Å². The van der Waals surface area contributed by atoms with Gasteiger partial charge in [-0.25, -0.2) is 4.98 Å². The van der Waals surface area contributed by atoms with Crippen molar-refractivity contribution < 1.29 is 0 Å². The first kappa shape index (κ1) is 13.6. The van der Waals surface area contributed by atoms with Gasteiger partial charge in [0.15, 0.2) is 0 Å². The molecule has 0 bridgehead atoms. The zero-order valence-electron chi connectivity index (χ0n) is 12.6. The standard InChI is InChI=1S/C16H24N4/c1-12(2)16(20-8-6-17-7-9-20)13-4-5-15-14(10-13)18-11-19(15)3/h4-5,10-12,16-17H,6-9H2,1-3H3. The number of hydrogen-bond acceptors (Lipinski definition) is 3. The van der Waals surface area contributed by atoms with Gasteiger partial charge in [-0.3, -0.25) is 4.90 Å². The van der Waals surface area contributed by atoms with Gasteiger partial charge >= 0.3 is 0 Å². The van der Waals surface area contributed by atoms with Crippen molar-refractivity contribution in [2.75, 3.05) is 26.2 Å². The zero-order chi connectivity index (χ0) is 14.1. The number of nitrogens with one attached hydrogen (secondary N) is 1. The number of aryl methyl sites for hydroxylation is 1. The molecule has 1 unspecified atom stereocenters. The van der Waals surface area contributed by atoms with Crippen molar-refractivity contribution >= 4 is 11.0 Å². The molecule has 1 fully saturated rings. The summed E-state index contributed by atoms with van der Waals surface area (Å²) in [6, 6.07) is 7.23. The van der Waals surface area contributed by atoms with E-state index >= 15 is 0 Å². The molecule has 1 N–H and O–H groups in total. The van der Waals surface area contributed by atoms with Gasteiger partial charge in [0, 0.05) is 39.3 Å². The van der Waals surface area contributed by atoms with Crippen LogP contribution in [0.3, 0.4) is 0 Å². The molecule has 1 aliphatic rings. The summed E-state index contributed by atoms with van der Waals surface area (Å²) in [4.78, 5) is 7.10. The lowest BCUT2D eigenvalue weighted by molar-refractivity contribution is 0.137. The molecule has 0 amide bonds. The van der Waals surface area contributed by atoms with E-state index in [2.05, 4.69) is 51.8 Å². The fourth-order valence-electron chi connectivity index (χ4n) is 3.31. The number of piperazine rings is 1. The summed E-state index contributed by atoms with van der Waals surface area (Å²) < 4.78 is 2.08. The summed E-state index contributed by atoms with van der Waals surface area (Å²) in [5.41, 5.74) is 3.70. The number of hydrogen-bond donors (Lipinski definition) is 1.